The van der Waals surface area contributed by atoms with Crippen LogP contribution in [0.3, 0.4) is 0 Å². The molecule has 16 heavy (non-hydrogen) atoms. The maximum Gasteiger partial charge on any atom is 0.253 e. The second-order valence-electron chi connectivity index (χ2n) is 4.24. The minimum atomic E-state index is -0.157. The maximum absolute atomic E-state index is 11.9. The molecule has 88 valence electrons. The Bertz CT molecular complexity index is 391. The molecule has 1 aromatic rings. The van der Waals surface area contributed by atoms with Crippen molar-refractivity contribution in [1.82, 2.24) is 5.32 Å². The van der Waals surface area contributed by atoms with Gasteiger partial charge in [0.1, 0.15) is 0 Å². The van der Waals surface area contributed by atoms with Crippen molar-refractivity contribution in [3.63, 3.8) is 0 Å². The van der Waals surface area contributed by atoms with Gasteiger partial charge in [-0.25, -0.2) is 0 Å². The Morgan fingerprint density at radius 3 is 2.50 bits per heavy atom. The second-order valence-corrected chi connectivity index (χ2v) is 4.67. The number of benzene rings is 1. The largest absolute Gasteiger partial charge is 0.398 e. The third-order valence-electron chi connectivity index (χ3n) is 2.62. The lowest BCUT2D eigenvalue weighted by Gasteiger charge is -2.18. The van der Waals surface area contributed by atoms with Crippen LogP contribution in [0.5, 0.6) is 0 Å². The van der Waals surface area contributed by atoms with Crippen LogP contribution in [0.2, 0.25) is 5.02 Å². The summed E-state index contributed by atoms with van der Waals surface area (Å²) in [4.78, 5) is 11.9. The summed E-state index contributed by atoms with van der Waals surface area (Å²) in [5.74, 6) is 0.229. The molecule has 0 spiro atoms. The van der Waals surface area contributed by atoms with Crippen molar-refractivity contribution in [2.45, 2.75) is 26.8 Å². The van der Waals surface area contributed by atoms with E-state index in [1.807, 2.05) is 6.92 Å². The first kappa shape index (κ1) is 12.8. The third kappa shape index (κ3) is 3.14. The van der Waals surface area contributed by atoms with Crippen LogP contribution in [0.25, 0.3) is 0 Å². The number of carbonyl (C=O) groups excluding carboxylic acids is 1. The van der Waals surface area contributed by atoms with Crippen LogP contribution in [0.4, 0.5) is 5.69 Å². The third-order valence-corrected chi connectivity index (χ3v) is 2.85. The molecule has 1 atom stereocenters. The Kier molecular flexibility index (Phi) is 4.19. The van der Waals surface area contributed by atoms with Gasteiger partial charge in [-0.2, -0.15) is 0 Å². The summed E-state index contributed by atoms with van der Waals surface area (Å²) in [5.41, 5.74) is 6.60. The Morgan fingerprint density at radius 2 is 2.00 bits per heavy atom. The molecule has 0 aliphatic carbocycles. The van der Waals surface area contributed by atoms with Gasteiger partial charge in [-0.1, -0.05) is 25.4 Å². The van der Waals surface area contributed by atoms with Crippen molar-refractivity contribution in [2.24, 2.45) is 5.92 Å². The number of hydrogen-bond acceptors (Lipinski definition) is 2. The highest BCUT2D eigenvalue weighted by Crippen LogP contribution is 2.18. The summed E-state index contributed by atoms with van der Waals surface area (Å²) in [6.45, 7) is 6.07. The van der Waals surface area contributed by atoms with Gasteiger partial charge in [-0.05, 0) is 31.0 Å². The monoisotopic (exact) mass is 240 g/mol. The Balaban J connectivity index is 2.81. The zero-order chi connectivity index (χ0) is 12.3. The lowest BCUT2D eigenvalue weighted by atomic mass is 10.1. The van der Waals surface area contributed by atoms with Gasteiger partial charge >= 0.3 is 0 Å². The van der Waals surface area contributed by atoms with Crippen molar-refractivity contribution >= 4 is 23.2 Å². The molecule has 0 saturated heterocycles. The predicted octanol–water partition coefficient (Wildman–Crippen LogP) is 2.70. The molecule has 0 radical (unpaired) electrons. The van der Waals surface area contributed by atoms with Crippen molar-refractivity contribution in [1.29, 1.82) is 0 Å². The first-order valence-corrected chi connectivity index (χ1v) is 5.65. The molecule has 1 aromatic carbocycles. The average Bonchev–Trinajstić information content (AvgIpc) is 2.16. The number of nitrogen functional groups attached to an aromatic ring is 1. The van der Waals surface area contributed by atoms with Crippen LogP contribution < -0.4 is 11.1 Å². The fraction of sp³-hybridized carbons (Fsp3) is 0.417. The SMILES string of the molecule is CC(C)C(C)NC(=O)c1ccc(Cl)cc1N. The van der Waals surface area contributed by atoms with Gasteiger partial charge in [0.2, 0.25) is 0 Å². The zero-order valence-corrected chi connectivity index (χ0v) is 10.5. The van der Waals surface area contributed by atoms with Crippen LogP contribution in [0, 0.1) is 5.92 Å². The van der Waals surface area contributed by atoms with Crippen LogP contribution >= 0.6 is 11.6 Å². The van der Waals surface area contributed by atoms with Gasteiger partial charge in [-0.3, -0.25) is 4.79 Å². The first-order valence-electron chi connectivity index (χ1n) is 5.27. The number of rotatable bonds is 3. The highest BCUT2D eigenvalue weighted by molar-refractivity contribution is 6.31. The van der Waals surface area contributed by atoms with E-state index in [-0.39, 0.29) is 11.9 Å². The van der Waals surface area contributed by atoms with Crippen molar-refractivity contribution in [3.05, 3.63) is 28.8 Å². The smallest absolute Gasteiger partial charge is 0.253 e. The molecule has 3 nitrogen and oxygen atoms in total. The molecular weight excluding hydrogens is 224 g/mol. The summed E-state index contributed by atoms with van der Waals surface area (Å²) >= 11 is 5.77. The minimum Gasteiger partial charge on any atom is -0.398 e. The lowest BCUT2D eigenvalue weighted by Crippen LogP contribution is -2.36. The van der Waals surface area contributed by atoms with E-state index in [9.17, 15) is 4.79 Å². The number of halogens is 1. The molecule has 0 saturated carbocycles. The number of carbonyl (C=O) groups is 1. The molecule has 1 rings (SSSR count). The zero-order valence-electron chi connectivity index (χ0n) is 9.75. The standard InChI is InChI=1S/C12H17ClN2O/c1-7(2)8(3)15-12(16)10-5-4-9(13)6-11(10)14/h4-8H,14H2,1-3H3,(H,15,16). The Labute approximate surface area is 101 Å². The van der Waals surface area contributed by atoms with Crippen molar-refractivity contribution in [3.8, 4) is 0 Å². The Morgan fingerprint density at radius 1 is 1.38 bits per heavy atom. The van der Waals surface area contributed by atoms with E-state index in [1.54, 1.807) is 18.2 Å². The minimum absolute atomic E-state index is 0.113. The molecule has 0 aromatic heterocycles. The van der Waals surface area contributed by atoms with Crippen LogP contribution in [-0.4, -0.2) is 11.9 Å². The molecular formula is C12H17ClN2O. The van der Waals surface area contributed by atoms with E-state index >= 15 is 0 Å². The lowest BCUT2D eigenvalue weighted by molar-refractivity contribution is 0.0931. The number of nitrogens with two attached hydrogens (primary N) is 1. The summed E-state index contributed by atoms with van der Waals surface area (Å²) in [6, 6.07) is 4.99. The van der Waals surface area contributed by atoms with Crippen molar-refractivity contribution in [2.75, 3.05) is 5.73 Å². The van der Waals surface area contributed by atoms with Crippen LogP contribution in [0.15, 0.2) is 18.2 Å². The maximum atomic E-state index is 11.9. The fourth-order valence-corrected chi connectivity index (χ4v) is 1.37. The molecule has 1 unspecified atom stereocenters. The number of anilines is 1. The van der Waals surface area contributed by atoms with E-state index < -0.39 is 0 Å². The van der Waals surface area contributed by atoms with E-state index in [0.29, 0.717) is 22.2 Å². The van der Waals surface area contributed by atoms with Gasteiger partial charge in [0.15, 0.2) is 0 Å². The Hall–Kier alpha value is -1.22. The molecule has 0 bridgehead atoms. The van der Waals surface area contributed by atoms with E-state index in [4.69, 9.17) is 17.3 Å². The molecule has 3 N–H and O–H groups in total. The molecule has 0 fully saturated rings. The topological polar surface area (TPSA) is 55.1 Å². The summed E-state index contributed by atoms with van der Waals surface area (Å²) < 4.78 is 0. The summed E-state index contributed by atoms with van der Waals surface area (Å²) in [7, 11) is 0. The molecule has 0 heterocycles. The van der Waals surface area contributed by atoms with Crippen molar-refractivity contribution < 1.29 is 4.79 Å². The fourth-order valence-electron chi connectivity index (χ4n) is 1.19. The van der Waals surface area contributed by atoms with Gasteiger partial charge < -0.3 is 11.1 Å². The molecule has 0 aliphatic heterocycles. The van der Waals surface area contributed by atoms with E-state index in [0.717, 1.165) is 0 Å². The molecule has 1 amide bonds. The molecule has 4 heteroatoms. The predicted molar refractivity (Wildman–Crippen MR) is 67.6 cm³/mol. The van der Waals surface area contributed by atoms with Gasteiger partial charge in [-0.15, -0.1) is 0 Å². The van der Waals surface area contributed by atoms with E-state index in [2.05, 4.69) is 19.2 Å². The summed E-state index contributed by atoms with van der Waals surface area (Å²) in [6.07, 6.45) is 0. The van der Waals surface area contributed by atoms with Gasteiger partial charge in [0.25, 0.3) is 5.91 Å². The number of hydrogen-bond donors (Lipinski definition) is 2. The summed E-state index contributed by atoms with van der Waals surface area (Å²) in [5, 5.41) is 3.43. The number of amides is 1. The number of nitrogens with one attached hydrogen (secondary N) is 1. The second kappa shape index (κ2) is 5.21. The van der Waals surface area contributed by atoms with Gasteiger partial charge in [0, 0.05) is 16.8 Å². The average molecular weight is 241 g/mol. The van der Waals surface area contributed by atoms with Crippen LogP contribution in [-0.2, 0) is 0 Å². The van der Waals surface area contributed by atoms with Crippen LogP contribution in [0.1, 0.15) is 31.1 Å². The highest BCUT2D eigenvalue weighted by atomic mass is 35.5. The quantitative estimate of drug-likeness (QED) is 0.799. The first-order chi connectivity index (χ1) is 7.41. The highest BCUT2D eigenvalue weighted by Gasteiger charge is 2.14. The molecule has 0 aliphatic rings. The normalized spacial score (nSPS) is 12.6. The van der Waals surface area contributed by atoms with E-state index in [1.165, 1.54) is 0 Å². The van der Waals surface area contributed by atoms with Gasteiger partial charge in [0.05, 0.1) is 5.56 Å².